The summed E-state index contributed by atoms with van der Waals surface area (Å²) in [7, 11) is -8.04. The largest absolute Gasteiger partial charge is 0.505 e. The number of azo groups is 1. The Morgan fingerprint density at radius 1 is 0.897 bits per heavy atom. The van der Waals surface area contributed by atoms with Gasteiger partial charge in [0.1, 0.15) is 22.0 Å². The first kappa shape index (κ1) is 20.7. The molecule has 3 aromatic rings. The molecule has 0 spiro atoms. The van der Waals surface area contributed by atoms with Crippen LogP contribution in [0.3, 0.4) is 0 Å². The number of aromatic hydroxyl groups is 1. The number of methoxy groups -OCH3 is 1. The summed E-state index contributed by atoms with van der Waals surface area (Å²) >= 11 is 0. The van der Waals surface area contributed by atoms with E-state index in [2.05, 4.69) is 10.2 Å². The van der Waals surface area contributed by atoms with E-state index in [4.69, 9.17) is 9.29 Å². The van der Waals surface area contributed by atoms with E-state index in [0.717, 1.165) is 24.3 Å². The van der Waals surface area contributed by atoms with Gasteiger partial charge in [-0.3, -0.25) is 9.11 Å². The molecule has 0 aliphatic carbocycles. The third kappa shape index (κ3) is 4.19. The Morgan fingerprint density at radius 3 is 2.21 bits per heavy atom. The quantitative estimate of drug-likeness (QED) is 0.403. The number of benzene rings is 3. The summed E-state index contributed by atoms with van der Waals surface area (Å²) in [4.78, 5) is -1.32. The van der Waals surface area contributed by atoms with Gasteiger partial charge in [-0.2, -0.15) is 16.8 Å². The Kier molecular flexibility index (Phi) is 5.28. The zero-order valence-corrected chi connectivity index (χ0v) is 16.3. The summed E-state index contributed by atoms with van der Waals surface area (Å²) in [5.74, 6) is -0.321. The standard InChI is InChI=1S/C17H14N2O8S2/c1-27-14-5-3-2-4-13(14)18-19-16-15(29(24,25)26)9-10-8-11(28(21,22)23)6-7-12(10)17(16)20/h2-9,20H,1H3,(H,21,22,23)(H,24,25,26). The third-order valence-electron chi connectivity index (χ3n) is 3.94. The number of hydrogen-bond donors (Lipinski definition) is 3. The predicted molar refractivity (Wildman–Crippen MR) is 102 cm³/mol. The zero-order chi connectivity index (χ0) is 21.4. The highest BCUT2D eigenvalue weighted by atomic mass is 32.2. The van der Waals surface area contributed by atoms with Crippen LogP contribution in [0, 0.1) is 0 Å². The SMILES string of the molecule is COc1ccccc1N=Nc1c(S(=O)(=O)O)cc2cc(S(=O)(=O)O)ccc2c1O. The van der Waals surface area contributed by atoms with Gasteiger partial charge in [0.25, 0.3) is 20.2 Å². The first-order chi connectivity index (χ1) is 13.5. The van der Waals surface area contributed by atoms with Crippen LogP contribution < -0.4 is 4.74 Å². The van der Waals surface area contributed by atoms with Crippen LogP contribution in [0.4, 0.5) is 11.4 Å². The van der Waals surface area contributed by atoms with Crippen LogP contribution in [-0.2, 0) is 20.2 Å². The lowest BCUT2D eigenvalue weighted by Gasteiger charge is -2.10. The maximum absolute atomic E-state index is 11.8. The fourth-order valence-electron chi connectivity index (χ4n) is 2.60. The first-order valence-corrected chi connectivity index (χ1v) is 10.7. The molecule has 0 aromatic heterocycles. The van der Waals surface area contributed by atoms with Crippen LogP contribution in [-0.4, -0.2) is 38.2 Å². The van der Waals surface area contributed by atoms with Crippen molar-refractivity contribution in [2.24, 2.45) is 10.2 Å². The van der Waals surface area contributed by atoms with E-state index in [1.807, 2.05) is 0 Å². The maximum Gasteiger partial charge on any atom is 0.296 e. The number of phenols is 1. The van der Waals surface area contributed by atoms with Crippen molar-refractivity contribution < 1.29 is 35.8 Å². The number of rotatable bonds is 5. The molecule has 0 bridgehead atoms. The van der Waals surface area contributed by atoms with Gasteiger partial charge in [-0.1, -0.05) is 12.1 Å². The van der Waals surface area contributed by atoms with E-state index in [1.54, 1.807) is 18.2 Å². The van der Waals surface area contributed by atoms with Gasteiger partial charge in [0.15, 0.2) is 5.75 Å². The average molecular weight is 438 g/mol. The Balaban J connectivity index is 2.28. The van der Waals surface area contributed by atoms with Gasteiger partial charge in [-0.25, -0.2) is 0 Å². The Bertz CT molecular complexity index is 1350. The fraction of sp³-hybridized carbons (Fsp3) is 0.0588. The van der Waals surface area contributed by atoms with Crippen molar-refractivity contribution in [2.45, 2.75) is 9.79 Å². The summed E-state index contributed by atoms with van der Waals surface area (Å²) in [5, 5.41) is 18.1. The van der Waals surface area contributed by atoms with Gasteiger partial charge < -0.3 is 9.84 Å². The first-order valence-electron chi connectivity index (χ1n) is 7.82. The second kappa shape index (κ2) is 7.40. The van der Waals surface area contributed by atoms with Gasteiger partial charge in [0.2, 0.25) is 0 Å². The molecule has 0 saturated heterocycles. The lowest BCUT2D eigenvalue weighted by molar-refractivity contribution is 0.416. The van der Waals surface area contributed by atoms with Crippen molar-refractivity contribution in [3.05, 3.63) is 48.5 Å². The molecule has 10 nitrogen and oxygen atoms in total. The smallest absolute Gasteiger partial charge is 0.296 e. The minimum Gasteiger partial charge on any atom is -0.505 e. The van der Waals surface area contributed by atoms with Crippen molar-refractivity contribution in [2.75, 3.05) is 7.11 Å². The van der Waals surface area contributed by atoms with Gasteiger partial charge >= 0.3 is 0 Å². The lowest BCUT2D eigenvalue weighted by atomic mass is 10.1. The van der Waals surface area contributed by atoms with Gasteiger partial charge in [-0.15, -0.1) is 10.2 Å². The molecule has 0 heterocycles. The highest BCUT2D eigenvalue weighted by Crippen LogP contribution is 2.42. The Labute approximate surface area is 165 Å². The summed E-state index contributed by atoms with van der Waals surface area (Å²) in [6.45, 7) is 0. The highest BCUT2D eigenvalue weighted by molar-refractivity contribution is 7.86. The monoisotopic (exact) mass is 438 g/mol. The van der Waals surface area contributed by atoms with Crippen molar-refractivity contribution >= 4 is 42.4 Å². The van der Waals surface area contributed by atoms with E-state index in [1.165, 1.54) is 13.2 Å². The minimum atomic E-state index is -4.87. The van der Waals surface area contributed by atoms with Gasteiger partial charge in [0.05, 0.1) is 12.0 Å². The number of para-hydroxylation sites is 1. The summed E-state index contributed by atoms with van der Waals surface area (Å²) < 4.78 is 70.1. The molecule has 3 rings (SSSR count). The molecule has 3 aromatic carbocycles. The molecule has 0 aliphatic heterocycles. The predicted octanol–water partition coefficient (Wildman–Crippen LogP) is 3.46. The van der Waals surface area contributed by atoms with Crippen LogP contribution in [0.5, 0.6) is 11.5 Å². The molecule has 152 valence electrons. The third-order valence-corrected chi connectivity index (χ3v) is 5.66. The summed E-state index contributed by atoms with van der Waals surface area (Å²) in [5.41, 5.74) is -0.317. The van der Waals surface area contributed by atoms with E-state index in [-0.39, 0.29) is 16.5 Å². The van der Waals surface area contributed by atoms with Crippen molar-refractivity contribution in [1.82, 2.24) is 0 Å². The van der Waals surface area contributed by atoms with Crippen LogP contribution in [0.1, 0.15) is 0 Å². The Hall–Kier alpha value is -3.06. The summed E-state index contributed by atoms with van der Waals surface area (Å²) in [6, 6.07) is 10.5. The highest BCUT2D eigenvalue weighted by Gasteiger charge is 2.23. The molecular weight excluding hydrogens is 424 g/mol. The number of phenolic OH excluding ortho intramolecular Hbond substituents is 1. The minimum absolute atomic E-state index is 0.0266. The van der Waals surface area contributed by atoms with Gasteiger partial charge in [-0.05, 0) is 41.8 Å². The molecule has 0 unspecified atom stereocenters. The summed E-state index contributed by atoms with van der Waals surface area (Å²) in [6.07, 6.45) is 0. The molecule has 0 fully saturated rings. The Morgan fingerprint density at radius 2 is 1.59 bits per heavy atom. The molecule has 0 saturated carbocycles. The van der Waals surface area contributed by atoms with E-state index < -0.39 is 41.5 Å². The number of fused-ring (bicyclic) bond motifs is 1. The fourth-order valence-corrected chi connectivity index (χ4v) is 3.77. The molecule has 3 N–H and O–H groups in total. The van der Waals surface area contributed by atoms with Crippen LogP contribution >= 0.6 is 0 Å². The van der Waals surface area contributed by atoms with Crippen LogP contribution in [0.15, 0.2) is 68.6 Å². The van der Waals surface area contributed by atoms with Crippen molar-refractivity contribution in [3.8, 4) is 11.5 Å². The normalized spacial score (nSPS) is 12.5. The molecular formula is C17H14N2O8S2. The van der Waals surface area contributed by atoms with Crippen molar-refractivity contribution in [3.63, 3.8) is 0 Å². The van der Waals surface area contributed by atoms with Gasteiger partial charge in [0, 0.05) is 5.39 Å². The van der Waals surface area contributed by atoms with Crippen LogP contribution in [0.25, 0.3) is 10.8 Å². The lowest BCUT2D eigenvalue weighted by Crippen LogP contribution is -2.00. The second-order valence-corrected chi connectivity index (χ2v) is 8.59. The molecule has 0 aliphatic rings. The molecule has 0 radical (unpaired) electrons. The van der Waals surface area contributed by atoms with E-state index in [9.17, 15) is 26.5 Å². The molecule has 12 heteroatoms. The zero-order valence-electron chi connectivity index (χ0n) is 14.7. The van der Waals surface area contributed by atoms with E-state index >= 15 is 0 Å². The maximum atomic E-state index is 11.8. The van der Waals surface area contributed by atoms with E-state index in [0.29, 0.717) is 5.75 Å². The molecule has 29 heavy (non-hydrogen) atoms. The second-order valence-electron chi connectivity index (χ2n) is 5.78. The van der Waals surface area contributed by atoms with Crippen LogP contribution in [0.2, 0.25) is 0 Å². The van der Waals surface area contributed by atoms with Crippen molar-refractivity contribution in [1.29, 1.82) is 0 Å². The number of hydrogen-bond acceptors (Lipinski definition) is 8. The number of ether oxygens (including phenoxy) is 1. The number of nitrogens with zero attached hydrogens (tertiary/aromatic N) is 2. The molecule has 0 amide bonds. The average Bonchev–Trinajstić information content (AvgIpc) is 2.65. The topological polar surface area (TPSA) is 163 Å². The molecule has 0 atom stereocenters.